The maximum absolute atomic E-state index is 13.7. The number of hydrogen-bond donors (Lipinski definition) is 3. The van der Waals surface area contributed by atoms with Gasteiger partial charge in [-0.2, -0.15) is 5.10 Å². The third-order valence-electron chi connectivity index (χ3n) is 14.0. The summed E-state index contributed by atoms with van der Waals surface area (Å²) in [5.74, 6) is 1.08. The number of fused-ring (bicyclic) bond motifs is 2. The number of ether oxygens (including phenoxy) is 1. The molecule has 5 atom stereocenters. The molecule has 11 rings (SSSR count). The first-order chi connectivity index (χ1) is 28.8. The van der Waals surface area contributed by atoms with Crippen LogP contribution in [0.4, 0.5) is 22.6 Å². The molecule has 6 aliphatic rings. The Bertz CT molecular complexity index is 2460. The molecule has 60 heavy (non-hydrogen) atoms. The van der Waals surface area contributed by atoms with Gasteiger partial charge in [-0.3, -0.25) is 14.0 Å². The van der Waals surface area contributed by atoms with Crippen LogP contribution in [-0.2, 0) is 29.0 Å². The fourth-order valence-corrected chi connectivity index (χ4v) is 13.9. The first-order valence-corrected chi connectivity index (χ1v) is 23.3. The number of nitrogens with zero attached hydrogens (tertiary/aromatic N) is 8. The van der Waals surface area contributed by atoms with Crippen LogP contribution in [0.25, 0.3) is 21.3 Å². The number of carbonyl (C=O) groups excluding carboxylic acids is 1. The van der Waals surface area contributed by atoms with E-state index in [1.165, 1.54) is 32.4 Å². The highest BCUT2D eigenvalue weighted by Crippen LogP contribution is 2.72. The van der Waals surface area contributed by atoms with Gasteiger partial charge in [-0.15, -0.1) is 10.2 Å². The number of anilines is 4. The van der Waals surface area contributed by atoms with E-state index in [0.29, 0.717) is 29.6 Å². The molecule has 1 amide bonds. The Morgan fingerprint density at radius 3 is 2.48 bits per heavy atom. The van der Waals surface area contributed by atoms with Gasteiger partial charge in [-0.05, 0) is 132 Å². The monoisotopic (exact) mass is 850 g/mol. The Morgan fingerprint density at radius 1 is 0.933 bits per heavy atom. The Balaban J connectivity index is 0.934. The van der Waals surface area contributed by atoms with E-state index in [1.807, 2.05) is 61.3 Å². The minimum atomic E-state index is -2.58. The first-order valence-electron chi connectivity index (χ1n) is 21.4. The molecule has 5 aromatic rings. The Morgan fingerprint density at radius 2 is 1.72 bits per heavy atom. The van der Waals surface area contributed by atoms with E-state index in [0.717, 1.165) is 102 Å². The number of benzene rings is 1. The van der Waals surface area contributed by atoms with Gasteiger partial charge in [0.1, 0.15) is 11.5 Å². The first kappa shape index (κ1) is 39.8. The zero-order valence-electron chi connectivity index (χ0n) is 34.9. The fourth-order valence-electron chi connectivity index (χ4n) is 12.8. The van der Waals surface area contributed by atoms with Crippen molar-refractivity contribution in [2.75, 3.05) is 43.0 Å². The number of carbonyl (C=O) groups is 1. The quantitative estimate of drug-likeness (QED) is 0.104. The summed E-state index contributed by atoms with van der Waals surface area (Å²) < 4.78 is 34.1. The van der Waals surface area contributed by atoms with Crippen LogP contribution < -0.4 is 14.9 Å². The molecule has 5 fully saturated rings. The van der Waals surface area contributed by atoms with Gasteiger partial charge in [0.2, 0.25) is 0 Å². The van der Waals surface area contributed by atoms with Gasteiger partial charge in [0.15, 0.2) is 16.8 Å². The van der Waals surface area contributed by atoms with Gasteiger partial charge >= 0.3 is 0 Å². The second-order valence-electron chi connectivity index (χ2n) is 19.2. The van der Waals surface area contributed by atoms with Crippen molar-refractivity contribution in [1.29, 1.82) is 0 Å². The average Bonchev–Trinajstić information content (AvgIpc) is 3.94. The third-order valence-corrected chi connectivity index (χ3v) is 15.3. The van der Waals surface area contributed by atoms with Gasteiger partial charge in [0.05, 0.1) is 28.6 Å². The number of para-hydroxylation sites is 1. The molecule has 6 heterocycles. The van der Waals surface area contributed by atoms with E-state index in [1.54, 1.807) is 11.3 Å². The molecule has 0 radical (unpaired) electrons. The average molecular weight is 851 g/mol. The van der Waals surface area contributed by atoms with Gasteiger partial charge in [-0.1, -0.05) is 37.3 Å². The summed E-state index contributed by atoms with van der Waals surface area (Å²) in [5, 5.41) is 18.4. The smallest absolute Gasteiger partial charge is 0.284 e. The van der Waals surface area contributed by atoms with Crippen LogP contribution in [0.3, 0.4) is 0 Å². The number of nitrogens with one attached hydrogen (secondary N) is 2. The Labute approximate surface area is 357 Å². The Hall–Kier alpha value is -4.35. The van der Waals surface area contributed by atoms with Crippen molar-refractivity contribution < 1.29 is 18.3 Å². The molecular weight excluding hydrogens is 797 g/mol. The van der Waals surface area contributed by atoms with Crippen LogP contribution >= 0.6 is 11.3 Å². The summed E-state index contributed by atoms with van der Waals surface area (Å²) in [7, 11) is 0. The zero-order chi connectivity index (χ0) is 41.4. The van der Waals surface area contributed by atoms with E-state index < -0.39 is 17.2 Å². The number of thiazole rings is 1. The van der Waals surface area contributed by atoms with E-state index in [2.05, 4.69) is 43.7 Å². The topological polar surface area (TPSA) is 164 Å². The van der Waals surface area contributed by atoms with Crippen LogP contribution in [0, 0.1) is 30.1 Å². The number of amides is 1. The summed E-state index contributed by atoms with van der Waals surface area (Å²) in [6.45, 7) is 14.6. The summed E-state index contributed by atoms with van der Waals surface area (Å²) in [5.41, 5.74) is 5.59. The molecule has 3 unspecified atom stereocenters. The highest BCUT2D eigenvalue weighted by atomic mass is 32.2. The number of hydrogen-bond acceptors (Lipinski definition) is 12. The summed E-state index contributed by atoms with van der Waals surface area (Å²) in [6, 6.07) is 11.8. The van der Waals surface area contributed by atoms with Gasteiger partial charge in [0.25, 0.3) is 17.2 Å². The maximum Gasteiger partial charge on any atom is 0.284 e. The van der Waals surface area contributed by atoms with E-state index in [9.17, 15) is 13.6 Å². The predicted octanol–water partition coefficient (Wildman–Crippen LogP) is 7.89. The largest absolute Gasteiger partial charge is 0.374 e. The molecule has 1 saturated heterocycles. The lowest BCUT2D eigenvalue weighted by Gasteiger charge is -2.69. The number of aromatic nitrogens is 6. The minimum absolute atomic E-state index is 0.0423. The second-order valence-corrected chi connectivity index (χ2v) is 20.9. The normalized spacial score (nSPS) is 27.7. The molecule has 4 bridgehead atoms. The lowest BCUT2D eigenvalue weighted by molar-refractivity contribution is -0.248. The summed E-state index contributed by atoms with van der Waals surface area (Å²) in [6.07, 6.45) is 12.8. The zero-order valence-corrected chi connectivity index (χ0v) is 36.6. The van der Waals surface area contributed by atoms with E-state index >= 15 is 0 Å². The fraction of sp³-hybridized carbons (Fsp3) is 0.545. The van der Waals surface area contributed by atoms with E-state index in [-0.39, 0.29) is 27.5 Å². The van der Waals surface area contributed by atoms with Crippen molar-refractivity contribution in [2.24, 2.45) is 16.2 Å². The highest BCUT2D eigenvalue weighted by Gasteiger charge is 2.66. The molecule has 14 nitrogen and oxygen atoms in total. The van der Waals surface area contributed by atoms with Crippen molar-refractivity contribution >= 4 is 61.3 Å². The van der Waals surface area contributed by atoms with Crippen LogP contribution in [0.15, 0.2) is 42.6 Å². The van der Waals surface area contributed by atoms with Crippen molar-refractivity contribution in [1.82, 2.24) is 39.6 Å². The summed E-state index contributed by atoms with van der Waals surface area (Å²) in [4.78, 5) is 27.9. The standard InChI is InChI=1S/C44H54N10O4S2/c1-28-30-10-9-17-53(38(30)50-49-37(28)48-40-46-33-11-5-6-12-34(33)59-40)35-14-13-31(36(47-35)39(55)51-60(56)57)32-20-45-54(29(32)2)27-43-22-41(3)21-42(4,23-43)25-44(24-41,26-43)58-19-18-52-15-7-8-16-52/h5-6,11-14,20H,7-10,15-19,21-27H2,1-4H3,(H,51,55)(H,56,57)(H,46,48,49)/t41-,42+,43?,44?. The predicted molar refractivity (Wildman–Crippen MR) is 234 cm³/mol. The minimum Gasteiger partial charge on any atom is -0.374 e. The highest BCUT2D eigenvalue weighted by molar-refractivity contribution is 7.77. The number of pyridine rings is 1. The lowest BCUT2D eigenvalue weighted by Crippen LogP contribution is -2.64. The molecule has 4 aromatic heterocycles. The molecular formula is C44H54N10O4S2. The summed E-state index contributed by atoms with van der Waals surface area (Å²) >= 11 is -1.02. The molecule has 1 aromatic carbocycles. The molecule has 16 heteroatoms. The van der Waals surface area contributed by atoms with Gasteiger partial charge in [0, 0.05) is 47.6 Å². The number of rotatable bonds is 12. The van der Waals surface area contributed by atoms with Crippen molar-refractivity contribution in [3.63, 3.8) is 0 Å². The molecule has 4 aliphatic carbocycles. The van der Waals surface area contributed by atoms with Crippen LogP contribution in [-0.4, -0.2) is 87.9 Å². The van der Waals surface area contributed by atoms with Crippen LogP contribution in [0.5, 0.6) is 0 Å². The van der Waals surface area contributed by atoms with Crippen LogP contribution in [0.1, 0.15) is 98.9 Å². The van der Waals surface area contributed by atoms with Crippen molar-refractivity contribution in [3.8, 4) is 11.1 Å². The Kier molecular flexibility index (Phi) is 9.89. The lowest BCUT2D eigenvalue weighted by atomic mass is 9.39. The SMILES string of the molecule is Cc1c(Nc2nc3ccccc3s2)nnc2c1CCCN2c1ccc(-c2cnn(CC34CC5(OCCN6CCCC6)C[C@](C)(C3)C[C@](C)(C4)C5)c2C)c(C(=O)NS(=O)O)n1. The van der Waals surface area contributed by atoms with Crippen molar-refractivity contribution in [2.45, 2.75) is 104 Å². The second kappa shape index (κ2) is 14.9. The maximum atomic E-state index is 13.7. The molecule has 2 aliphatic heterocycles. The number of likely N-dealkylation sites (tertiary alicyclic amines) is 1. The molecule has 4 saturated carbocycles. The third kappa shape index (κ3) is 7.31. The molecule has 316 valence electrons. The molecule has 3 N–H and O–H groups in total. The van der Waals surface area contributed by atoms with Crippen LogP contribution in [0.2, 0.25) is 0 Å². The van der Waals surface area contributed by atoms with E-state index in [4.69, 9.17) is 19.8 Å². The molecule has 0 spiro atoms. The van der Waals surface area contributed by atoms with Gasteiger partial charge in [-0.25, -0.2) is 18.9 Å². The van der Waals surface area contributed by atoms with Crippen molar-refractivity contribution in [3.05, 3.63) is 65.1 Å². The van der Waals surface area contributed by atoms with Gasteiger partial charge < -0.3 is 19.9 Å².